The summed E-state index contributed by atoms with van der Waals surface area (Å²) in [4.78, 5) is 23.6. The van der Waals surface area contributed by atoms with Crippen LogP contribution in [0.4, 0.5) is 0 Å². The second-order valence-electron chi connectivity index (χ2n) is 4.41. The summed E-state index contributed by atoms with van der Waals surface area (Å²) in [5.74, 6) is -2.86. The van der Waals surface area contributed by atoms with Crippen molar-refractivity contribution in [2.45, 2.75) is 12.3 Å². The number of hydrogen-bond acceptors (Lipinski definition) is 4. The van der Waals surface area contributed by atoms with E-state index in [2.05, 4.69) is 0 Å². The number of rotatable bonds is 6. The summed E-state index contributed by atoms with van der Waals surface area (Å²) in [7, 11) is 0. The largest absolute Gasteiger partial charge is 0.481 e. The fraction of sp³-hybridized carbons (Fsp3) is 0.286. The Labute approximate surface area is 124 Å². The molecule has 2 unspecified atom stereocenters. The summed E-state index contributed by atoms with van der Waals surface area (Å²) in [5, 5.41) is 22.4. The van der Waals surface area contributed by atoms with Crippen LogP contribution in [0.15, 0.2) is 40.6 Å². The molecule has 4 nitrogen and oxygen atoms in total. The van der Waals surface area contributed by atoms with Crippen LogP contribution in [0.3, 0.4) is 0 Å². The number of allylic oxidation sites excluding steroid dienone is 2. The summed E-state index contributed by atoms with van der Waals surface area (Å²) >= 11 is 2.87. The van der Waals surface area contributed by atoms with E-state index < -0.39 is 23.8 Å². The van der Waals surface area contributed by atoms with Crippen LogP contribution < -0.4 is 0 Å². The van der Waals surface area contributed by atoms with Gasteiger partial charge in [-0.05, 0) is 28.8 Å². The van der Waals surface area contributed by atoms with Crippen LogP contribution in [0.5, 0.6) is 0 Å². The van der Waals surface area contributed by atoms with Crippen LogP contribution in [-0.2, 0) is 9.59 Å². The minimum Gasteiger partial charge on any atom is -0.481 e. The summed E-state index contributed by atoms with van der Waals surface area (Å²) in [5.41, 5.74) is 0.771. The lowest BCUT2D eigenvalue weighted by Crippen LogP contribution is -2.24. The Morgan fingerprint density at radius 3 is 2.50 bits per heavy atom. The first-order valence-corrected chi connectivity index (χ1v) is 7.98. The zero-order chi connectivity index (χ0) is 14.5. The van der Waals surface area contributed by atoms with Gasteiger partial charge in [0.25, 0.3) is 0 Å². The summed E-state index contributed by atoms with van der Waals surface area (Å²) in [6, 6.07) is 3.52. The van der Waals surface area contributed by atoms with Crippen molar-refractivity contribution in [1.29, 1.82) is 0 Å². The molecule has 1 aromatic rings. The number of carboxylic acid groups (broad SMARTS) is 2. The van der Waals surface area contributed by atoms with Gasteiger partial charge in [0.05, 0.1) is 11.8 Å². The van der Waals surface area contributed by atoms with Gasteiger partial charge in [0.15, 0.2) is 0 Å². The molecule has 0 spiro atoms. The molecule has 2 rings (SSSR count). The predicted octanol–water partition coefficient (Wildman–Crippen LogP) is 3.19. The zero-order valence-corrected chi connectivity index (χ0v) is 12.2. The van der Waals surface area contributed by atoms with Gasteiger partial charge in [0.1, 0.15) is 0 Å². The van der Waals surface area contributed by atoms with E-state index in [9.17, 15) is 19.8 Å². The van der Waals surface area contributed by atoms with Gasteiger partial charge in [-0.15, -0.1) is 23.1 Å². The molecule has 0 fully saturated rings. The van der Waals surface area contributed by atoms with Crippen LogP contribution in [0.25, 0.3) is 0 Å². The van der Waals surface area contributed by atoms with Gasteiger partial charge in [0.2, 0.25) is 0 Å². The lowest BCUT2D eigenvalue weighted by atomic mass is 9.88. The molecule has 2 N–H and O–H groups in total. The summed E-state index contributed by atoms with van der Waals surface area (Å²) < 4.78 is 0. The Kier molecular flexibility index (Phi) is 5.03. The van der Waals surface area contributed by atoms with Crippen molar-refractivity contribution in [3.8, 4) is 0 Å². The van der Waals surface area contributed by atoms with Gasteiger partial charge in [-0.3, -0.25) is 9.59 Å². The molecular formula is C14H14O4S2. The lowest BCUT2D eigenvalue weighted by Gasteiger charge is -2.20. The van der Waals surface area contributed by atoms with Gasteiger partial charge in [-0.2, -0.15) is 0 Å². The van der Waals surface area contributed by atoms with E-state index in [0.29, 0.717) is 10.6 Å². The van der Waals surface area contributed by atoms with Crippen LogP contribution >= 0.6 is 23.1 Å². The van der Waals surface area contributed by atoms with E-state index in [4.69, 9.17) is 0 Å². The van der Waals surface area contributed by atoms with Crippen LogP contribution in [-0.4, -0.2) is 27.9 Å². The SMILES string of the molecule is O=C(O)C(CC(C(=O)O)c1cccs1)C1=CC=CSC1. The minimum absolute atomic E-state index is 0.0887. The maximum Gasteiger partial charge on any atom is 0.311 e. The Bertz CT molecular complexity index is 546. The van der Waals surface area contributed by atoms with E-state index in [1.54, 1.807) is 29.7 Å². The molecule has 0 aromatic carbocycles. The number of thiophene rings is 1. The Balaban J connectivity index is 2.22. The maximum atomic E-state index is 11.5. The van der Waals surface area contributed by atoms with Crippen molar-refractivity contribution >= 4 is 35.0 Å². The molecule has 2 atom stereocenters. The summed E-state index contributed by atoms with van der Waals surface area (Å²) in [6.45, 7) is 0. The second kappa shape index (κ2) is 6.76. The highest BCUT2D eigenvalue weighted by molar-refractivity contribution is 8.02. The van der Waals surface area contributed by atoms with Crippen LogP contribution in [0, 0.1) is 5.92 Å². The predicted molar refractivity (Wildman–Crippen MR) is 80.1 cm³/mol. The van der Waals surface area contributed by atoms with E-state index in [1.165, 1.54) is 23.1 Å². The standard InChI is InChI=1S/C14H14O4S2/c15-13(16)10(9-3-1-5-19-8-9)7-11(14(17)18)12-4-2-6-20-12/h1-6,10-11H,7-8H2,(H,15,16)(H,17,18). The summed E-state index contributed by atoms with van der Waals surface area (Å²) in [6.07, 6.45) is 3.67. The molecule has 2 heterocycles. The van der Waals surface area contributed by atoms with Crippen LogP contribution in [0.1, 0.15) is 17.2 Å². The molecule has 6 heteroatoms. The van der Waals surface area contributed by atoms with Crippen molar-refractivity contribution in [3.63, 3.8) is 0 Å². The molecule has 0 bridgehead atoms. The molecule has 0 saturated heterocycles. The zero-order valence-electron chi connectivity index (χ0n) is 10.6. The lowest BCUT2D eigenvalue weighted by molar-refractivity contribution is -0.142. The molecule has 1 aliphatic heterocycles. The van der Waals surface area contributed by atoms with E-state index >= 15 is 0 Å². The van der Waals surface area contributed by atoms with Crippen molar-refractivity contribution < 1.29 is 19.8 Å². The molecule has 0 radical (unpaired) electrons. The molecule has 0 aliphatic carbocycles. The Morgan fingerprint density at radius 2 is 2.00 bits per heavy atom. The van der Waals surface area contributed by atoms with Gasteiger partial charge in [0, 0.05) is 10.6 Å². The van der Waals surface area contributed by atoms with E-state index in [1.807, 2.05) is 5.41 Å². The third-order valence-corrected chi connectivity index (χ3v) is 4.97. The van der Waals surface area contributed by atoms with Crippen LogP contribution in [0.2, 0.25) is 0 Å². The first kappa shape index (κ1) is 14.9. The fourth-order valence-corrected chi connectivity index (χ4v) is 3.71. The molecule has 106 valence electrons. The molecule has 20 heavy (non-hydrogen) atoms. The van der Waals surface area contributed by atoms with Gasteiger partial charge in [-0.25, -0.2) is 0 Å². The quantitative estimate of drug-likeness (QED) is 0.844. The number of aliphatic carboxylic acids is 2. The van der Waals surface area contributed by atoms with Crippen molar-refractivity contribution in [2.75, 3.05) is 5.75 Å². The Hall–Kier alpha value is -1.53. The van der Waals surface area contributed by atoms with Gasteiger partial charge < -0.3 is 10.2 Å². The monoisotopic (exact) mass is 310 g/mol. The number of carboxylic acids is 2. The number of carbonyl (C=O) groups is 2. The number of thioether (sulfide) groups is 1. The maximum absolute atomic E-state index is 11.5. The van der Waals surface area contributed by atoms with Gasteiger partial charge in [-0.1, -0.05) is 18.2 Å². The average molecular weight is 310 g/mol. The third-order valence-electron chi connectivity index (χ3n) is 3.14. The topological polar surface area (TPSA) is 74.6 Å². The van der Waals surface area contributed by atoms with Crippen molar-refractivity contribution in [1.82, 2.24) is 0 Å². The normalized spacial score (nSPS) is 17.3. The minimum atomic E-state index is -0.974. The highest BCUT2D eigenvalue weighted by Crippen LogP contribution is 2.33. The molecule has 1 aliphatic rings. The second-order valence-corrected chi connectivity index (χ2v) is 6.29. The highest BCUT2D eigenvalue weighted by Gasteiger charge is 2.31. The molecule has 1 aromatic heterocycles. The molecular weight excluding hydrogens is 296 g/mol. The first-order chi connectivity index (χ1) is 9.59. The third kappa shape index (κ3) is 3.52. The molecule has 0 amide bonds. The highest BCUT2D eigenvalue weighted by atomic mass is 32.2. The smallest absolute Gasteiger partial charge is 0.311 e. The average Bonchev–Trinajstić information content (AvgIpc) is 2.93. The number of hydrogen-bond donors (Lipinski definition) is 2. The first-order valence-electron chi connectivity index (χ1n) is 6.06. The van der Waals surface area contributed by atoms with Gasteiger partial charge >= 0.3 is 11.9 Å². The van der Waals surface area contributed by atoms with E-state index in [-0.39, 0.29) is 6.42 Å². The fourth-order valence-electron chi connectivity index (χ4n) is 2.10. The van der Waals surface area contributed by atoms with E-state index in [0.717, 1.165) is 5.57 Å². The Morgan fingerprint density at radius 1 is 1.25 bits per heavy atom. The molecule has 0 saturated carbocycles. The van der Waals surface area contributed by atoms with Crippen molar-refractivity contribution in [3.05, 3.63) is 45.5 Å². The van der Waals surface area contributed by atoms with Crippen molar-refractivity contribution in [2.24, 2.45) is 5.92 Å².